The van der Waals surface area contributed by atoms with Gasteiger partial charge in [0.1, 0.15) is 0 Å². The standard InChI is InChI=1S/C17H26N2O3S/c1-14(10-11-15-7-4-3-5-8-15)18-17(20)16-9-6-12-19(13-16)23(2,21)22/h3-5,7-8,14,16H,6,9-13H2,1-2H3,(H,18,20)/t14-,16+/m1/s1. The van der Waals surface area contributed by atoms with Crippen molar-refractivity contribution in [2.24, 2.45) is 5.92 Å². The van der Waals surface area contributed by atoms with Crippen molar-refractivity contribution >= 4 is 15.9 Å². The summed E-state index contributed by atoms with van der Waals surface area (Å²) in [5, 5.41) is 3.03. The lowest BCUT2D eigenvalue weighted by molar-refractivity contribution is -0.126. The van der Waals surface area contributed by atoms with E-state index in [1.165, 1.54) is 16.1 Å². The fourth-order valence-corrected chi connectivity index (χ4v) is 3.83. The molecule has 1 aromatic carbocycles. The number of rotatable bonds is 6. The van der Waals surface area contributed by atoms with E-state index in [1.54, 1.807) is 0 Å². The summed E-state index contributed by atoms with van der Waals surface area (Å²) in [6, 6.07) is 10.3. The van der Waals surface area contributed by atoms with Gasteiger partial charge in [0.2, 0.25) is 15.9 Å². The zero-order valence-electron chi connectivity index (χ0n) is 13.9. The molecule has 1 N–H and O–H groups in total. The summed E-state index contributed by atoms with van der Waals surface area (Å²) in [6.07, 6.45) is 4.49. The lowest BCUT2D eigenvalue weighted by Gasteiger charge is -2.30. The molecular formula is C17H26N2O3S. The van der Waals surface area contributed by atoms with E-state index in [4.69, 9.17) is 0 Å². The van der Waals surface area contributed by atoms with Crippen molar-refractivity contribution < 1.29 is 13.2 Å². The third-order valence-corrected chi connectivity index (χ3v) is 5.59. The number of benzene rings is 1. The number of carbonyl (C=O) groups excluding carboxylic acids is 1. The van der Waals surface area contributed by atoms with Crippen LogP contribution in [0.4, 0.5) is 0 Å². The van der Waals surface area contributed by atoms with Gasteiger partial charge in [-0.1, -0.05) is 30.3 Å². The minimum absolute atomic E-state index is 0.0288. The number of hydrogen-bond acceptors (Lipinski definition) is 3. The minimum Gasteiger partial charge on any atom is -0.353 e. The Labute approximate surface area is 139 Å². The first-order valence-corrected chi connectivity index (χ1v) is 10.0. The van der Waals surface area contributed by atoms with Crippen molar-refractivity contribution in [3.63, 3.8) is 0 Å². The lowest BCUT2D eigenvalue weighted by atomic mass is 9.98. The molecule has 1 fully saturated rings. The zero-order valence-corrected chi connectivity index (χ0v) is 14.7. The van der Waals surface area contributed by atoms with Crippen molar-refractivity contribution in [1.29, 1.82) is 0 Å². The topological polar surface area (TPSA) is 66.5 Å². The van der Waals surface area contributed by atoms with E-state index in [2.05, 4.69) is 17.4 Å². The van der Waals surface area contributed by atoms with Gasteiger partial charge < -0.3 is 5.32 Å². The molecule has 0 bridgehead atoms. The highest BCUT2D eigenvalue weighted by atomic mass is 32.2. The molecule has 0 unspecified atom stereocenters. The molecule has 0 saturated carbocycles. The maximum absolute atomic E-state index is 12.4. The summed E-state index contributed by atoms with van der Waals surface area (Å²) in [4.78, 5) is 12.4. The molecule has 2 rings (SSSR count). The fraction of sp³-hybridized carbons (Fsp3) is 0.588. The van der Waals surface area contributed by atoms with E-state index in [1.807, 2.05) is 25.1 Å². The summed E-state index contributed by atoms with van der Waals surface area (Å²) in [5.74, 6) is -0.267. The Bertz CT molecular complexity index is 616. The second kappa shape index (κ2) is 7.93. The summed E-state index contributed by atoms with van der Waals surface area (Å²) in [6.45, 7) is 2.82. The van der Waals surface area contributed by atoms with Crippen molar-refractivity contribution in [2.45, 2.75) is 38.6 Å². The van der Waals surface area contributed by atoms with Crippen LogP contribution < -0.4 is 5.32 Å². The molecule has 2 atom stereocenters. The normalized spacial score (nSPS) is 20.9. The molecule has 0 aromatic heterocycles. The van der Waals surface area contributed by atoms with Gasteiger partial charge in [-0.05, 0) is 38.2 Å². The summed E-state index contributed by atoms with van der Waals surface area (Å²) in [5.41, 5.74) is 1.26. The maximum atomic E-state index is 12.4. The minimum atomic E-state index is -3.21. The Balaban J connectivity index is 1.81. The third-order valence-electron chi connectivity index (χ3n) is 4.32. The van der Waals surface area contributed by atoms with Crippen molar-refractivity contribution in [3.05, 3.63) is 35.9 Å². The van der Waals surface area contributed by atoms with Gasteiger partial charge in [-0.25, -0.2) is 12.7 Å². The average molecular weight is 338 g/mol. The van der Waals surface area contributed by atoms with Crippen molar-refractivity contribution in [1.82, 2.24) is 9.62 Å². The molecule has 128 valence electrons. The van der Waals surface area contributed by atoms with Crippen molar-refractivity contribution in [3.8, 4) is 0 Å². The number of hydrogen-bond donors (Lipinski definition) is 1. The molecule has 1 saturated heterocycles. The van der Waals surface area contributed by atoms with Crippen LogP contribution in [0.5, 0.6) is 0 Å². The molecule has 0 radical (unpaired) electrons. The number of piperidine rings is 1. The van der Waals surface area contributed by atoms with Gasteiger partial charge in [-0.2, -0.15) is 0 Å². The Morgan fingerprint density at radius 2 is 2.04 bits per heavy atom. The number of nitrogens with one attached hydrogen (secondary N) is 1. The SMILES string of the molecule is C[C@H](CCc1ccccc1)NC(=O)[C@H]1CCCN(S(C)(=O)=O)C1. The molecule has 23 heavy (non-hydrogen) atoms. The van der Waals surface area contributed by atoms with Crippen LogP contribution >= 0.6 is 0 Å². The van der Waals surface area contributed by atoms with Gasteiger partial charge in [-0.15, -0.1) is 0 Å². The third kappa shape index (κ3) is 5.62. The Hall–Kier alpha value is -1.40. The lowest BCUT2D eigenvalue weighted by Crippen LogP contribution is -2.46. The summed E-state index contributed by atoms with van der Waals surface area (Å²) >= 11 is 0. The zero-order chi connectivity index (χ0) is 16.9. The van der Waals surface area contributed by atoms with E-state index in [0.717, 1.165) is 25.7 Å². The first kappa shape index (κ1) is 17.9. The number of sulfonamides is 1. The largest absolute Gasteiger partial charge is 0.353 e. The van der Waals surface area contributed by atoms with E-state index in [9.17, 15) is 13.2 Å². The monoisotopic (exact) mass is 338 g/mol. The maximum Gasteiger partial charge on any atom is 0.224 e. The fourth-order valence-electron chi connectivity index (χ4n) is 2.92. The highest BCUT2D eigenvalue weighted by Crippen LogP contribution is 2.19. The Morgan fingerprint density at radius 3 is 2.70 bits per heavy atom. The van der Waals surface area contributed by atoms with Crippen LogP contribution in [0, 0.1) is 5.92 Å². The van der Waals surface area contributed by atoms with Gasteiger partial charge in [0, 0.05) is 19.1 Å². The van der Waals surface area contributed by atoms with Crippen LogP contribution in [-0.2, 0) is 21.2 Å². The Kier molecular flexibility index (Phi) is 6.18. The van der Waals surface area contributed by atoms with Crippen LogP contribution in [0.25, 0.3) is 0 Å². The molecule has 1 amide bonds. The Morgan fingerprint density at radius 1 is 1.35 bits per heavy atom. The predicted molar refractivity (Wildman–Crippen MR) is 91.5 cm³/mol. The molecule has 1 aliphatic rings. The number of carbonyl (C=O) groups is 1. The molecular weight excluding hydrogens is 312 g/mol. The molecule has 5 nitrogen and oxygen atoms in total. The molecule has 1 aliphatic heterocycles. The first-order chi connectivity index (χ1) is 10.9. The van der Waals surface area contributed by atoms with E-state index < -0.39 is 10.0 Å². The van der Waals surface area contributed by atoms with Gasteiger partial charge in [0.25, 0.3) is 0 Å². The van der Waals surface area contributed by atoms with Crippen LogP contribution in [0.1, 0.15) is 31.7 Å². The van der Waals surface area contributed by atoms with Gasteiger partial charge in [0.05, 0.1) is 12.2 Å². The molecule has 1 aromatic rings. The second-order valence-corrected chi connectivity index (χ2v) is 8.38. The molecule has 0 aliphatic carbocycles. The average Bonchev–Trinajstić information content (AvgIpc) is 2.53. The highest BCUT2D eigenvalue weighted by Gasteiger charge is 2.30. The molecule has 1 heterocycles. The van der Waals surface area contributed by atoms with Crippen LogP contribution in [0.15, 0.2) is 30.3 Å². The van der Waals surface area contributed by atoms with Gasteiger partial charge in [-0.3, -0.25) is 4.79 Å². The van der Waals surface area contributed by atoms with Gasteiger partial charge in [0.15, 0.2) is 0 Å². The summed E-state index contributed by atoms with van der Waals surface area (Å²) < 4.78 is 24.7. The smallest absolute Gasteiger partial charge is 0.224 e. The van der Waals surface area contributed by atoms with Crippen LogP contribution in [-0.4, -0.2) is 44.0 Å². The predicted octanol–water partition coefficient (Wildman–Crippen LogP) is 1.80. The summed E-state index contributed by atoms with van der Waals surface area (Å²) in [7, 11) is -3.21. The van der Waals surface area contributed by atoms with E-state index in [0.29, 0.717) is 13.1 Å². The molecule has 6 heteroatoms. The van der Waals surface area contributed by atoms with Crippen LogP contribution in [0.2, 0.25) is 0 Å². The molecule has 0 spiro atoms. The van der Waals surface area contributed by atoms with Gasteiger partial charge >= 0.3 is 0 Å². The van der Waals surface area contributed by atoms with Crippen molar-refractivity contribution in [2.75, 3.05) is 19.3 Å². The number of aryl methyl sites for hydroxylation is 1. The quantitative estimate of drug-likeness (QED) is 0.860. The second-order valence-electron chi connectivity index (χ2n) is 6.39. The first-order valence-electron chi connectivity index (χ1n) is 8.15. The number of amides is 1. The highest BCUT2D eigenvalue weighted by molar-refractivity contribution is 7.88. The van der Waals surface area contributed by atoms with Crippen LogP contribution in [0.3, 0.4) is 0 Å². The van der Waals surface area contributed by atoms with E-state index >= 15 is 0 Å². The number of nitrogens with zero attached hydrogens (tertiary/aromatic N) is 1. The van der Waals surface area contributed by atoms with E-state index in [-0.39, 0.29) is 17.9 Å².